The molecule has 298 valence electrons. The largest absolute Gasteiger partial charge is 0.459 e. The van der Waals surface area contributed by atoms with Crippen molar-refractivity contribution in [3.8, 4) is 0 Å². The van der Waals surface area contributed by atoms with Crippen LogP contribution in [0.3, 0.4) is 0 Å². The van der Waals surface area contributed by atoms with Crippen molar-refractivity contribution in [2.24, 2.45) is 23.7 Å². The van der Waals surface area contributed by atoms with Crippen molar-refractivity contribution in [3.05, 3.63) is 0 Å². The molecule has 3 heterocycles. The van der Waals surface area contributed by atoms with Crippen LogP contribution in [0, 0.1) is 23.7 Å². The molecule has 0 aromatic rings. The first kappa shape index (κ1) is 44.1. The summed E-state index contributed by atoms with van der Waals surface area (Å²) < 4.78 is 43.7. The zero-order chi connectivity index (χ0) is 38.8. The molecule has 3 unspecified atom stereocenters. The molecule has 0 amide bonds. The molecule has 0 radical (unpaired) electrons. The highest BCUT2D eigenvalue weighted by Crippen LogP contribution is 2.41. The summed E-state index contributed by atoms with van der Waals surface area (Å²) in [6.45, 7) is 17.0. The highest BCUT2D eigenvalue weighted by atomic mass is 16.7. The fourth-order valence-electron chi connectivity index (χ4n) is 8.38. The maximum Gasteiger partial charge on any atom is 0.311 e. The Bertz CT molecular complexity index is 1160. The van der Waals surface area contributed by atoms with E-state index < -0.39 is 102 Å². The minimum absolute atomic E-state index is 0.109. The SMILES string of the molecule is CC[C@H]1OC(=O)[C@H](C)[C@@H](OC2C[C@@](C)(OC)[C@@H](O)[C@H](C)O2)[C@H](C)[C@@H](OC2O[C@H](C)C[C@H](NC)[C@@H]2O)C(C)(OC)C[C@H](C)C(=O)[C@H](C)[C@@H](O)[C@]1(C)O. The molecule has 0 aromatic carbocycles. The number of methoxy groups -OCH3 is 2. The third-order valence-corrected chi connectivity index (χ3v) is 12.0. The van der Waals surface area contributed by atoms with Crippen LogP contribution in [0.4, 0.5) is 0 Å². The first-order valence-electron chi connectivity index (χ1n) is 18.5. The lowest BCUT2D eigenvalue weighted by molar-refractivity contribution is -0.317. The van der Waals surface area contributed by atoms with Crippen LogP contribution in [0.2, 0.25) is 0 Å². The van der Waals surface area contributed by atoms with Crippen LogP contribution in [-0.2, 0) is 42.7 Å². The van der Waals surface area contributed by atoms with Crippen molar-refractivity contribution in [2.45, 2.75) is 179 Å². The number of aliphatic hydroxyl groups excluding tert-OH is 3. The number of carbonyl (C=O) groups excluding carboxylic acids is 2. The lowest BCUT2D eigenvalue weighted by Crippen LogP contribution is -2.61. The molecule has 0 bridgehead atoms. The van der Waals surface area contributed by atoms with Crippen LogP contribution in [0.1, 0.15) is 94.9 Å². The molecule has 51 heavy (non-hydrogen) atoms. The average Bonchev–Trinajstić information content (AvgIpc) is 3.09. The number of ether oxygens (including phenoxy) is 7. The Kier molecular flexibility index (Phi) is 15.1. The smallest absolute Gasteiger partial charge is 0.311 e. The number of likely N-dealkylation sites (N-methyl/N-ethyl adjacent to an activating group) is 1. The van der Waals surface area contributed by atoms with Crippen LogP contribution in [-0.4, -0.2) is 138 Å². The number of rotatable bonds is 8. The van der Waals surface area contributed by atoms with Gasteiger partial charge in [0.1, 0.15) is 29.7 Å². The number of hydrogen-bond acceptors (Lipinski definition) is 14. The topological polar surface area (TPSA) is 192 Å². The number of nitrogens with one attached hydrogen (secondary N) is 1. The Morgan fingerprint density at radius 1 is 0.863 bits per heavy atom. The van der Waals surface area contributed by atoms with Gasteiger partial charge in [0.05, 0.1) is 47.6 Å². The van der Waals surface area contributed by atoms with Gasteiger partial charge in [0.15, 0.2) is 12.6 Å². The standard InChI is InChI=1S/C37H67NO13/c1-14-25-37(10,44)30(41)20(4)27(39)18(2)16-36(9,46-13)32(51-34-28(40)24(38-11)15-19(3)47-34)21(5)29(22(6)33(43)49-25)50-26-17-35(8,45-12)31(42)23(7)48-26/h18-26,28-32,34,38,40-42,44H,14-17H2,1-13H3/t18-,19+,20-,21-,22+,23-,24-,25+,26?,28-,29-,30+,31-,32+,34?,35+,36?,37+/m0/s1. The van der Waals surface area contributed by atoms with Gasteiger partial charge in [0, 0.05) is 44.4 Å². The minimum Gasteiger partial charge on any atom is -0.459 e. The Hall–Kier alpha value is -1.30. The first-order valence-corrected chi connectivity index (χ1v) is 18.5. The molecule has 14 nitrogen and oxygen atoms in total. The van der Waals surface area contributed by atoms with Gasteiger partial charge in [0.2, 0.25) is 0 Å². The van der Waals surface area contributed by atoms with Gasteiger partial charge in [-0.1, -0.05) is 27.7 Å². The van der Waals surface area contributed by atoms with Gasteiger partial charge in [-0.2, -0.15) is 0 Å². The Balaban J connectivity index is 2.21. The maximum absolute atomic E-state index is 14.1. The van der Waals surface area contributed by atoms with E-state index >= 15 is 0 Å². The molecule has 18 atom stereocenters. The molecule has 3 fully saturated rings. The van der Waals surface area contributed by atoms with Gasteiger partial charge >= 0.3 is 5.97 Å². The third kappa shape index (κ3) is 9.33. The number of hydrogen-bond donors (Lipinski definition) is 5. The summed E-state index contributed by atoms with van der Waals surface area (Å²) in [7, 11) is 4.75. The van der Waals surface area contributed by atoms with Crippen LogP contribution in [0.15, 0.2) is 0 Å². The summed E-state index contributed by atoms with van der Waals surface area (Å²) in [5.41, 5.74) is -4.24. The van der Waals surface area contributed by atoms with E-state index in [9.17, 15) is 30.0 Å². The third-order valence-electron chi connectivity index (χ3n) is 12.0. The van der Waals surface area contributed by atoms with E-state index in [-0.39, 0.29) is 37.2 Å². The molecule has 3 saturated heterocycles. The molecule has 3 rings (SSSR count). The number of esters is 1. The molecule has 5 N–H and O–H groups in total. The summed E-state index contributed by atoms with van der Waals surface area (Å²) in [5.74, 6) is -4.47. The van der Waals surface area contributed by atoms with E-state index in [1.54, 1.807) is 55.5 Å². The average molecular weight is 734 g/mol. The van der Waals surface area contributed by atoms with Crippen molar-refractivity contribution in [1.82, 2.24) is 5.32 Å². The molecule has 0 aromatic heterocycles. The zero-order valence-electron chi connectivity index (χ0n) is 33.0. The Morgan fingerprint density at radius 2 is 1.47 bits per heavy atom. The molecule has 0 saturated carbocycles. The van der Waals surface area contributed by atoms with Crippen molar-refractivity contribution < 1.29 is 63.2 Å². The predicted octanol–water partition coefficient (Wildman–Crippen LogP) is 2.10. The van der Waals surface area contributed by atoms with E-state index in [1.165, 1.54) is 21.1 Å². The molecule has 3 aliphatic rings. The molecule has 14 heteroatoms. The van der Waals surface area contributed by atoms with Gasteiger partial charge in [-0.25, -0.2) is 0 Å². The van der Waals surface area contributed by atoms with Crippen molar-refractivity contribution in [1.29, 1.82) is 0 Å². The van der Waals surface area contributed by atoms with Gasteiger partial charge in [0.25, 0.3) is 0 Å². The summed E-state index contributed by atoms with van der Waals surface area (Å²) >= 11 is 0. The van der Waals surface area contributed by atoms with E-state index in [0.717, 1.165) is 0 Å². The van der Waals surface area contributed by atoms with Crippen molar-refractivity contribution in [2.75, 3.05) is 21.3 Å². The second-order valence-corrected chi connectivity index (χ2v) is 16.0. The van der Waals surface area contributed by atoms with Crippen LogP contribution in [0.5, 0.6) is 0 Å². The predicted molar refractivity (Wildman–Crippen MR) is 186 cm³/mol. The first-order chi connectivity index (χ1) is 23.6. The van der Waals surface area contributed by atoms with Crippen LogP contribution in [0.25, 0.3) is 0 Å². The maximum atomic E-state index is 14.1. The van der Waals surface area contributed by atoms with Gasteiger partial charge in [-0.15, -0.1) is 0 Å². The van der Waals surface area contributed by atoms with Gasteiger partial charge in [-0.05, 0) is 67.9 Å². The molecule has 0 spiro atoms. The quantitative estimate of drug-likeness (QED) is 0.228. The molecular formula is C37H67NO13. The zero-order valence-corrected chi connectivity index (χ0v) is 33.0. The van der Waals surface area contributed by atoms with Crippen LogP contribution < -0.4 is 5.32 Å². The number of carbonyl (C=O) groups is 2. The molecule has 3 aliphatic heterocycles. The Labute approximate surface area is 304 Å². The fourth-order valence-corrected chi connectivity index (χ4v) is 8.38. The molecule has 0 aliphatic carbocycles. The lowest BCUT2D eigenvalue weighted by atomic mass is 9.74. The van der Waals surface area contributed by atoms with Crippen LogP contribution >= 0.6 is 0 Å². The monoisotopic (exact) mass is 733 g/mol. The number of cyclic esters (lactones) is 1. The van der Waals surface area contributed by atoms with Gasteiger partial charge < -0.3 is 58.9 Å². The summed E-state index contributed by atoms with van der Waals surface area (Å²) in [6, 6.07) is -0.334. The highest BCUT2D eigenvalue weighted by molar-refractivity contribution is 5.83. The van der Waals surface area contributed by atoms with Gasteiger partial charge in [-0.3, -0.25) is 9.59 Å². The summed E-state index contributed by atoms with van der Waals surface area (Å²) in [4.78, 5) is 28.1. The number of ketones is 1. The van der Waals surface area contributed by atoms with Crippen molar-refractivity contribution >= 4 is 11.8 Å². The van der Waals surface area contributed by atoms with E-state index in [2.05, 4.69) is 5.32 Å². The van der Waals surface area contributed by atoms with E-state index in [4.69, 9.17) is 33.2 Å². The van der Waals surface area contributed by atoms with Crippen molar-refractivity contribution in [3.63, 3.8) is 0 Å². The normalized spacial score (nSPS) is 49.6. The second kappa shape index (κ2) is 17.4. The van der Waals surface area contributed by atoms with E-state index in [1.807, 2.05) is 13.8 Å². The fraction of sp³-hybridized carbons (Fsp3) is 0.946. The second-order valence-electron chi connectivity index (χ2n) is 16.0. The highest BCUT2D eigenvalue weighted by Gasteiger charge is 2.54. The lowest BCUT2D eigenvalue weighted by Gasteiger charge is -2.49. The minimum atomic E-state index is -1.96. The number of aliphatic hydroxyl groups is 4. The number of Topliss-reactive ketones (excluding diaryl/α,β-unsaturated/α-hetero) is 1. The summed E-state index contributed by atoms with van der Waals surface area (Å²) in [5, 5.41) is 48.4. The van der Waals surface area contributed by atoms with E-state index in [0.29, 0.717) is 6.42 Å². The molecular weight excluding hydrogens is 666 g/mol. The Morgan fingerprint density at radius 3 is 2.02 bits per heavy atom. The summed E-state index contributed by atoms with van der Waals surface area (Å²) in [6.07, 6.45) is -8.78.